The molecule has 1 unspecified atom stereocenters. The summed E-state index contributed by atoms with van der Waals surface area (Å²) in [6.07, 6.45) is -1.49. The molecule has 2 heterocycles. The van der Waals surface area contributed by atoms with Gasteiger partial charge >= 0.3 is 6.18 Å². The second kappa shape index (κ2) is 8.68. The number of halogens is 3. The minimum atomic E-state index is -4.45. The average Bonchev–Trinajstić information content (AvgIpc) is 3.46. The van der Waals surface area contributed by atoms with Crippen molar-refractivity contribution in [2.75, 3.05) is 0 Å². The Labute approximate surface area is 179 Å². The second-order valence-electron chi connectivity index (χ2n) is 6.67. The molecule has 1 atom stereocenters. The number of rotatable bonds is 6. The quantitative estimate of drug-likeness (QED) is 0.473. The first kappa shape index (κ1) is 20.7. The van der Waals surface area contributed by atoms with E-state index in [1.807, 2.05) is 30.3 Å². The summed E-state index contributed by atoms with van der Waals surface area (Å²) in [7, 11) is 0. The predicted octanol–water partition coefficient (Wildman–Crippen LogP) is 4.59. The fraction of sp³-hybridized carbons (Fsp3) is 0.143. The van der Waals surface area contributed by atoms with Crippen molar-refractivity contribution in [1.29, 1.82) is 0 Å². The number of aromatic nitrogens is 4. The van der Waals surface area contributed by atoms with E-state index in [4.69, 9.17) is 0 Å². The zero-order chi connectivity index (χ0) is 21.8. The van der Waals surface area contributed by atoms with Crippen molar-refractivity contribution in [3.63, 3.8) is 0 Å². The van der Waals surface area contributed by atoms with E-state index in [1.165, 1.54) is 23.8 Å². The Hall–Kier alpha value is -3.53. The van der Waals surface area contributed by atoms with Crippen LogP contribution in [0.2, 0.25) is 0 Å². The fourth-order valence-corrected chi connectivity index (χ4v) is 3.80. The number of carbonyl (C=O) groups excluding carboxylic acids is 1. The maximum absolute atomic E-state index is 13.0. The number of benzene rings is 2. The van der Waals surface area contributed by atoms with E-state index in [9.17, 15) is 18.0 Å². The molecule has 2 aromatic heterocycles. The molecular formula is C21H16F3N5OS. The Morgan fingerprint density at radius 1 is 1.13 bits per heavy atom. The van der Waals surface area contributed by atoms with Crippen molar-refractivity contribution < 1.29 is 18.0 Å². The minimum absolute atomic E-state index is 0.136. The molecule has 0 spiro atoms. The first-order valence-corrected chi connectivity index (χ1v) is 10.1. The zero-order valence-electron chi connectivity index (χ0n) is 16.0. The summed E-state index contributed by atoms with van der Waals surface area (Å²) in [5.41, 5.74) is 0.556. The molecule has 1 N–H and O–H groups in total. The van der Waals surface area contributed by atoms with Gasteiger partial charge in [0.25, 0.3) is 5.91 Å². The van der Waals surface area contributed by atoms with Crippen molar-refractivity contribution in [2.45, 2.75) is 18.8 Å². The van der Waals surface area contributed by atoms with Gasteiger partial charge in [0, 0.05) is 10.9 Å². The van der Waals surface area contributed by atoms with Crippen LogP contribution in [0.15, 0.2) is 72.6 Å². The van der Waals surface area contributed by atoms with Gasteiger partial charge in [-0.05, 0) is 17.7 Å². The number of hydrogen-bond acceptors (Lipinski definition) is 5. The SMILES string of the molecule is O=C(NC(Cn1cncn1)c1ccccc1)c1csc(-c2cccc(C(F)(F)F)c2)n1. The number of amides is 1. The second-order valence-corrected chi connectivity index (χ2v) is 7.53. The van der Waals surface area contributed by atoms with Crippen molar-refractivity contribution in [3.05, 3.63) is 89.5 Å². The highest BCUT2D eigenvalue weighted by atomic mass is 32.1. The van der Waals surface area contributed by atoms with E-state index < -0.39 is 23.7 Å². The van der Waals surface area contributed by atoms with Crippen LogP contribution < -0.4 is 5.32 Å². The van der Waals surface area contributed by atoms with Gasteiger partial charge in [0.05, 0.1) is 18.2 Å². The van der Waals surface area contributed by atoms with Crippen LogP contribution in [0.5, 0.6) is 0 Å². The van der Waals surface area contributed by atoms with Gasteiger partial charge in [-0.25, -0.2) is 9.97 Å². The zero-order valence-corrected chi connectivity index (χ0v) is 16.8. The van der Waals surface area contributed by atoms with Gasteiger partial charge in [-0.1, -0.05) is 42.5 Å². The third-order valence-electron chi connectivity index (χ3n) is 4.52. The molecule has 0 bridgehead atoms. The van der Waals surface area contributed by atoms with Crippen molar-refractivity contribution in [1.82, 2.24) is 25.1 Å². The molecule has 0 aliphatic carbocycles. The molecule has 4 rings (SSSR count). The van der Waals surface area contributed by atoms with Crippen molar-refractivity contribution >= 4 is 17.2 Å². The molecular weight excluding hydrogens is 427 g/mol. The predicted molar refractivity (Wildman–Crippen MR) is 109 cm³/mol. The topological polar surface area (TPSA) is 72.7 Å². The minimum Gasteiger partial charge on any atom is -0.342 e. The molecule has 2 aromatic carbocycles. The molecule has 10 heteroatoms. The highest BCUT2D eigenvalue weighted by molar-refractivity contribution is 7.13. The van der Waals surface area contributed by atoms with Gasteiger partial charge in [-0.15, -0.1) is 11.3 Å². The molecule has 0 radical (unpaired) electrons. The maximum atomic E-state index is 13.0. The largest absolute Gasteiger partial charge is 0.416 e. The highest BCUT2D eigenvalue weighted by Crippen LogP contribution is 2.33. The summed E-state index contributed by atoms with van der Waals surface area (Å²) < 4.78 is 40.6. The molecule has 0 saturated carbocycles. The molecule has 6 nitrogen and oxygen atoms in total. The summed E-state index contributed by atoms with van der Waals surface area (Å²) in [4.78, 5) is 21.0. The smallest absolute Gasteiger partial charge is 0.342 e. The lowest BCUT2D eigenvalue weighted by atomic mass is 10.1. The maximum Gasteiger partial charge on any atom is 0.416 e. The molecule has 158 valence electrons. The van der Waals surface area contributed by atoms with Crippen LogP contribution in [0.25, 0.3) is 10.6 Å². The van der Waals surface area contributed by atoms with E-state index in [0.717, 1.165) is 29.0 Å². The molecule has 0 fully saturated rings. The standard InChI is InChI=1S/C21H16F3N5OS/c22-21(23,24)16-8-4-7-15(9-16)20-28-18(11-31-20)19(30)27-17(10-29-13-25-12-26-29)14-5-2-1-3-6-14/h1-9,11-13,17H,10H2,(H,27,30). The van der Waals surface area contributed by atoms with Crippen LogP contribution in [0.1, 0.15) is 27.7 Å². The van der Waals surface area contributed by atoms with Crippen LogP contribution in [0.3, 0.4) is 0 Å². The molecule has 0 aliphatic heterocycles. The van der Waals surface area contributed by atoms with Gasteiger partial charge in [0.2, 0.25) is 0 Å². The monoisotopic (exact) mass is 443 g/mol. The lowest BCUT2D eigenvalue weighted by molar-refractivity contribution is -0.137. The van der Waals surface area contributed by atoms with Crippen LogP contribution in [0, 0.1) is 0 Å². The Morgan fingerprint density at radius 3 is 2.65 bits per heavy atom. The fourth-order valence-electron chi connectivity index (χ4n) is 3.01. The summed E-state index contributed by atoms with van der Waals surface area (Å²) in [6, 6.07) is 13.9. The summed E-state index contributed by atoms with van der Waals surface area (Å²) >= 11 is 1.11. The summed E-state index contributed by atoms with van der Waals surface area (Å²) in [6.45, 7) is 0.361. The molecule has 1 amide bonds. The van der Waals surface area contributed by atoms with E-state index in [-0.39, 0.29) is 5.69 Å². The van der Waals surface area contributed by atoms with Gasteiger partial charge < -0.3 is 5.32 Å². The van der Waals surface area contributed by atoms with Crippen LogP contribution in [-0.2, 0) is 12.7 Å². The number of thiazole rings is 1. The Balaban J connectivity index is 1.55. The van der Waals surface area contributed by atoms with Gasteiger partial charge in [0.15, 0.2) is 0 Å². The first-order valence-electron chi connectivity index (χ1n) is 9.21. The number of carbonyl (C=O) groups is 1. The number of alkyl halides is 3. The first-order chi connectivity index (χ1) is 14.9. The van der Waals surface area contributed by atoms with Gasteiger partial charge in [0.1, 0.15) is 23.4 Å². The van der Waals surface area contributed by atoms with Gasteiger partial charge in [-0.2, -0.15) is 18.3 Å². The summed E-state index contributed by atoms with van der Waals surface area (Å²) in [5.74, 6) is -0.427. The van der Waals surface area contributed by atoms with Crippen molar-refractivity contribution in [3.8, 4) is 10.6 Å². The van der Waals surface area contributed by atoms with Crippen LogP contribution >= 0.6 is 11.3 Å². The number of hydrogen-bond donors (Lipinski definition) is 1. The van der Waals surface area contributed by atoms with E-state index >= 15 is 0 Å². The third-order valence-corrected chi connectivity index (χ3v) is 5.41. The van der Waals surface area contributed by atoms with E-state index in [0.29, 0.717) is 17.1 Å². The third kappa shape index (κ3) is 4.97. The molecule has 31 heavy (non-hydrogen) atoms. The van der Waals surface area contributed by atoms with Crippen LogP contribution in [-0.4, -0.2) is 25.7 Å². The average molecular weight is 443 g/mol. The van der Waals surface area contributed by atoms with E-state index in [1.54, 1.807) is 11.0 Å². The lowest BCUT2D eigenvalue weighted by Crippen LogP contribution is -2.31. The number of nitrogens with zero attached hydrogens (tertiary/aromatic N) is 4. The Kier molecular flexibility index (Phi) is 5.81. The molecule has 4 aromatic rings. The normalized spacial score (nSPS) is 12.5. The Bertz CT molecular complexity index is 1160. The summed E-state index contributed by atoms with van der Waals surface area (Å²) in [5, 5.41) is 8.87. The van der Waals surface area contributed by atoms with E-state index in [2.05, 4.69) is 20.4 Å². The highest BCUT2D eigenvalue weighted by Gasteiger charge is 2.30. The Morgan fingerprint density at radius 2 is 1.94 bits per heavy atom. The lowest BCUT2D eigenvalue weighted by Gasteiger charge is -2.18. The molecule has 0 saturated heterocycles. The number of nitrogens with one attached hydrogen (secondary N) is 1. The molecule has 0 aliphatic rings. The van der Waals surface area contributed by atoms with Gasteiger partial charge in [-0.3, -0.25) is 9.48 Å². The van der Waals surface area contributed by atoms with Crippen molar-refractivity contribution in [2.24, 2.45) is 0 Å². The van der Waals surface area contributed by atoms with Crippen LogP contribution in [0.4, 0.5) is 13.2 Å².